The number of rotatable bonds is 7. The molecule has 172 valence electrons. The molecular formula is C25H21N3O4S2. The van der Waals surface area contributed by atoms with E-state index < -0.39 is 0 Å². The number of thiophene rings is 1. The van der Waals surface area contributed by atoms with Crippen LogP contribution in [0.2, 0.25) is 0 Å². The van der Waals surface area contributed by atoms with Gasteiger partial charge in [0.15, 0.2) is 17.5 Å². The number of Topliss-reactive ketones (excluding diaryl/α,β-unsaturated/α-hetero) is 1. The van der Waals surface area contributed by atoms with Crippen molar-refractivity contribution in [3.63, 3.8) is 0 Å². The molecule has 0 spiro atoms. The molecule has 1 aliphatic rings. The third kappa shape index (κ3) is 4.24. The van der Waals surface area contributed by atoms with Crippen LogP contribution >= 0.6 is 23.1 Å². The Morgan fingerprint density at radius 1 is 1.21 bits per heavy atom. The molecule has 0 saturated heterocycles. The maximum Gasteiger partial charge on any atom is 0.265 e. The van der Waals surface area contributed by atoms with Crippen LogP contribution in [0.25, 0.3) is 21.3 Å². The Morgan fingerprint density at radius 2 is 2.03 bits per heavy atom. The number of ketones is 1. The molecule has 5 rings (SSSR count). The summed E-state index contributed by atoms with van der Waals surface area (Å²) in [6, 6.07) is 14.8. The number of carbonyl (C=O) groups excluding carboxylic acids is 2. The summed E-state index contributed by atoms with van der Waals surface area (Å²) in [5.74, 6) is 0.461. The summed E-state index contributed by atoms with van der Waals surface area (Å²) in [5.41, 5.74) is 2.69. The molecule has 1 N–H and O–H groups in total. The summed E-state index contributed by atoms with van der Waals surface area (Å²) >= 11 is 2.59. The molecule has 2 aromatic carbocycles. The number of nitrogens with one attached hydrogen (secondary N) is 1. The molecule has 1 aliphatic heterocycles. The van der Waals surface area contributed by atoms with Gasteiger partial charge in [0.1, 0.15) is 10.6 Å². The highest BCUT2D eigenvalue weighted by Gasteiger charge is 2.26. The van der Waals surface area contributed by atoms with Gasteiger partial charge in [0.25, 0.3) is 11.5 Å². The van der Waals surface area contributed by atoms with Crippen molar-refractivity contribution in [3.05, 3.63) is 69.8 Å². The molecule has 0 fully saturated rings. The van der Waals surface area contributed by atoms with Crippen LogP contribution in [0.3, 0.4) is 0 Å². The number of aromatic amines is 1. The van der Waals surface area contributed by atoms with Crippen molar-refractivity contribution in [2.75, 3.05) is 23.8 Å². The lowest BCUT2D eigenvalue weighted by molar-refractivity contribution is -0.121. The number of hydrogen-bond donors (Lipinski definition) is 1. The van der Waals surface area contributed by atoms with Gasteiger partial charge in [-0.2, -0.15) is 0 Å². The second-order valence-electron chi connectivity index (χ2n) is 7.80. The Kier molecular flexibility index (Phi) is 6.21. The van der Waals surface area contributed by atoms with E-state index >= 15 is 0 Å². The van der Waals surface area contributed by atoms with E-state index in [-0.39, 0.29) is 29.6 Å². The molecule has 0 unspecified atom stereocenters. The zero-order chi connectivity index (χ0) is 23.7. The van der Waals surface area contributed by atoms with E-state index in [0.29, 0.717) is 38.9 Å². The van der Waals surface area contributed by atoms with Crippen LogP contribution in [0.4, 0.5) is 5.69 Å². The molecule has 2 aromatic heterocycles. The summed E-state index contributed by atoms with van der Waals surface area (Å²) in [6.07, 6.45) is 0.801. The number of fused-ring (bicyclic) bond motifs is 2. The molecule has 0 radical (unpaired) electrons. The fourth-order valence-electron chi connectivity index (χ4n) is 3.89. The zero-order valence-electron chi connectivity index (χ0n) is 18.4. The minimum absolute atomic E-state index is 0.00631. The van der Waals surface area contributed by atoms with Gasteiger partial charge in [-0.05, 0) is 30.2 Å². The monoisotopic (exact) mass is 491 g/mol. The van der Waals surface area contributed by atoms with E-state index in [1.54, 1.807) is 23.1 Å². The standard InChI is InChI=1S/C25H21N3O4S2/c1-2-10-28-18-11-16(8-9-20(18)32-12-21(28)30)19(29)14-34-25-26-23(31)22-17(13-33-24(22)27-25)15-6-4-3-5-7-15/h3-9,11,13H,2,10,12,14H2,1H3,(H,26,27,31). The number of thioether (sulfide) groups is 1. The second kappa shape index (κ2) is 9.44. The maximum atomic E-state index is 12.9. The van der Waals surface area contributed by atoms with Crippen LogP contribution in [0, 0.1) is 0 Å². The van der Waals surface area contributed by atoms with Crippen molar-refractivity contribution >= 4 is 50.7 Å². The van der Waals surface area contributed by atoms with Gasteiger partial charge in [0, 0.05) is 23.1 Å². The predicted octanol–water partition coefficient (Wildman–Crippen LogP) is 4.76. The Morgan fingerprint density at radius 3 is 2.82 bits per heavy atom. The number of nitrogens with zero attached hydrogens (tertiary/aromatic N) is 2. The molecule has 7 nitrogen and oxygen atoms in total. The van der Waals surface area contributed by atoms with E-state index in [9.17, 15) is 14.4 Å². The topological polar surface area (TPSA) is 92.4 Å². The summed E-state index contributed by atoms with van der Waals surface area (Å²) in [4.78, 5) is 47.6. The van der Waals surface area contributed by atoms with Crippen molar-refractivity contribution in [2.24, 2.45) is 0 Å². The first kappa shape index (κ1) is 22.4. The maximum absolute atomic E-state index is 12.9. The molecule has 34 heavy (non-hydrogen) atoms. The summed E-state index contributed by atoms with van der Waals surface area (Å²) in [7, 11) is 0. The van der Waals surface area contributed by atoms with E-state index in [2.05, 4.69) is 9.97 Å². The third-order valence-corrected chi connectivity index (χ3v) is 7.26. The number of H-pyrrole nitrogens is 1. The van der Waals surface area contributed by atoms with Crippen LogP contribution in [0.5, 0.6) is 5.75 Å². The van der Waals surface area contributed by atoms with Crippen LogP contribution in [0.1, 0.15) is 23.7 Å². The van der Waals surface area contributed by atoms with Gasteiger partial charge in [0.05, 0.1) is 16.8 Å². The summed E-state index contributed by atoms with van der Waals surface area (Å²) in [6.45, 7) is 2.57. The van der Waals surface area contributed by atoms with Crippen molar-refractivity contribution in [1.29, 1.82) is 0 Å². The predicted molar refractivity (Wildman–Crippen MR) is 135 cm³/mol. The molecule has 9 heteroatoms. The lowest BCUT2D eigenvalue weighted by Gasteiger charge is -2.29. The van der Waals surface area contributed by atoms with Gasteiger partial charge < -0.3 is 14.6 Å². The Balaban J connectivity index is 1.35. The number of hydrogen-bond acceptors (Lipinski definition) is 7. The number of carbonyl (C=O) groups is 2. The normalized spacial score (nSPS) is 13.1. The first-order valence-corrected chi connectivity index (χ1v) is 12.7. The number of anilines is 1. The van der Waals surface area contributed by atoms with Crippen LogP contribution in [-0.4, -0.2) is 40.6 Å². The third-order valence-electron chi connectivity index (χ3n) is 5.52. The van der Waals surface area contributed by atoms with E-state index in [4.69, 9.17) is 4.74 Å². The Labute approximate surface area is 203 Å². The van der Waals surface area contributed by atoms with Crippen molar-refractivity contribution < 1.29 is 14.3 Å². The van der Waals surface area contributed by atoms with E-state index in [1.807, 2.05) is 42.6 Å². The lowest BCUT2D eigenvalue weighted by Crippen LogP contribution is -2.39. The number of ether oxygens (including phenoxy) is 1. The average molecular weight is 492 g/mol. The molecule has 0 saturated carbocycles. The molecule has 1 amide bonds. The quantitative estimate of drug-likeness (QED) is 0.228. The molecule has 0 aliphatic carbocycles. The highest BCUT2D eigenvalue weighted by molar-refractivity contribution is 7.99. The Hall–Kier alpha value is -3.43. The number of benzene rings is 2. The van der Waals surface area contributed by atoms with Gasteiger partial charge in [-0.15, -0.1) is 11.3 Å². The first-order valence-electron chi connectivity index (χ1n) is 10.9. The molecule has 0 bridgehead atoms. The van der Waals surface area contributed by atoms with Gasteiger partial charge >= 0.3 is 0 Å². The highest BCUT2D eigenvalue weighted by Crippen LogP contribution is 2.34. The fraction of sp³-hybridized carbons (Fsp3) is 0.200. The fourth-order valence-corrected chi connectivity index (χ4v) is 5.65. The highest BCUT2D eigenvalue weighted by atomic mass is 32.2. The lowest BCUT2D eigenvalue weighted by atomic mass is 10.1. The van der Waals surface area contributed by atoms with Crippen molar-refractivity contribution in [1.82, 2.24) is 9.97 Å². The van der Waals surface area contributed by atoms with Crippen LogP contribution in [0.15, 0.2) is 63.9 Å². The van der Waals surface area contributed by atoms with E-state index in [1.165, 1.54) is 23.1 Å². The Bertz CT molecular complexity index is 1450. The van der Waals surface area contributed by atoms with Gasteiger partial charge in [-0.25, -0.2) is 4.98 Å². The minimum Gasteiger partial charge on any atom is -0.482 e. The van der Waals surface area contributed by atoms with Gasteiger partial charge in [-0.3, -0.25) is 14.4 Å². The zero-order valence-corrected chi connectivity index (χ0v) is 20.0. The van der Waals surface area contributed by atoms with E-state index in [0.717, 1.165) is 17.5 Å². The first-order chi connectivity index (χ1) is 16.5. The van der Waals surface area contributed by atoms with Gasteiger partial charge in [-0.1, -0.05) is 49.0 Å². The summed E-state index contributed by atoms with van der Waals surface area (Å²) in [5, 5.41) is 2.89. The molecule has 4 aromatic rings. The molecular weight excluding hydrogens is 470 g/mol. The average Bonchev–Trinajstić information content (AvgIpc) is 3.29. The number of amides is 1. The van der Waals surface area contributed by atoms with Gasteiger partial charge in [0.2, 0.25) is 0 Å². The summed E-state index contributed by atoms with van der Waals surface area (Å²) < 4.78 is 5.51. The van der Waals surface area contributed by atoms with Crippen LogP contribution < -0.4 is 15.2 Å². The molecule has 0 atom stereocenters. The SMILES string of the molecule is CCCN1C(=O)COc2ccc(C(=O)CSc3nc4scc(-c5ccccc5)c4c(=O)[nH]3)cc21. The smallest absolute Gasteiger partial charge is 0.265 e. The second-order valence-corrected chi connectivity index (χ2v) is 9.62. The van der Waals surface area contributed by atoms with Crippen molar-refractivity contribution in [2.45, 2.75) is 18.5 Å². The minimum atomic E-state index is -0.222. The van der Waals surface area contributed by atoms with Crippen molar-refractivity contribution in [3.8, 4) is 16.9 Å². The van der Waals surface area contributed by atoms with Crippen LogP contribution in [-0.2, 0) is 4.79 Å². The number of aromatic nitrogens is 2. The molecule has 3 heterocycles. The largest absolute Gasteiger partial charge is 0.482 e.